The van der Waals surface area contributed by atoms with Gasteiger partial charge in [0.2, 0.25) is 5.91 Å². The lowest BCUT2D eigenvalue weighted by Gasteiger charge is -2.32. The van der Waals surface area contributed by atoms with Crippen molar-refractivity contribution in [3.8, 4) is 11.6 Å². The molecular formula is C27H33N5O2. The number of aryl methyl sites for hydroxylation is 1. The minimum Gasteiger partial charge on any atom is -0.436 e. The third kappa shape index (κ3) is 5.84. The summed E-state index contributed by atoms with van der Waals surface area (Å²) < 4.78 is 6.05. The highest BCUT2D eigenvalue weighted by Gasteiger charge is 2.27. The topological polar surface area (TPSA) is 70.6 Å². The average molecular weight is 460 g/mol. The first kappa shape index (κ1) is 23.5. The van der Waals surface area contributed by atoms with Crippen LogP contribution in [0.1, 0.15) is 30.9 Å². The number of rotatable bonds is 8. The second-order valence-corrected chi connectivity index (χ2v) is 8.82. The van der Waals surface area contributed by atoms with E-state index < -0.39 is 0 Å². The molecule has 1 aliphatic heterocycles. The van der Waals surface area contributed by atoms with Crippen LogP contribution in [0.15, 0.2) is 60.9 Å². The number of ether oxygens (including phenoxy) is 1. The standard InChI is InChI=1S/C27H33N5O2/c1-4-20-7-11-24(12-8-20)34-27-25(28-15-16-29-27)32-17-13-22(14-18-32)26(33)30-19-21-5-9-23(10-6-21)31(2)3/h5-12,15-16,22H,4,13-14,17-19H2,1-3H3,(H,30,33). The Morgan fingerprint density at radius 1 is 1.00 bits per heavy atom. The largest absolute Gasteiger partial charge is 0.436 e. The number of anilines is 2. The first-order chi connectivity index (χ1) is 16.5. The van der Waals surface area contributed by atoms with Crippen molar-refractivity contribution in [2.75, 3.05) is 37.0 Å². The molecule has 1 saturated heterocycles. The fourth-order valence-corrected chi connectivity index (χ4v) is 4.11. The van der Waals surface area contributed by atoms with Gasteiger partial charge in [0, 0.05) is 57.7 Å². The summed E-state index contributed by atoms with van der Waals surface area (Å²) >= 11 is 0. The molecule has 7 nitrogen and oxygen atoms in total. The van der Waals surface area contributed by atoms with Crippen molar-refractivity contribution >= 4 is 17.4 Å². The molecule has 4 rings (SSSR count). The van der Waals surface area contributed by atoms with Gasteiger partial charge in [0.25, 0.3) is 5.88 Å². The number of benzene rings is 2. The van der Waals surface area contributed by atoms with Gasteiger partial charge in [-0.25, -0.2) is 9.97 Å². The Kier molecular flexibility index (Phi) is 7.62. The van der Waals surface area contributed by atoms with Gasteiger partial charge in [-0.1, -0.05) is 31.2 Å². The highest BCUT2D eigenvalue weighted by atomic mass is 16.5. The summed E-state index contributed by atoms with van der Waals surface area (Å²) in [5.74, 6) is 2.08. The van der Waals surface area contributed by atoms with E-state index in [0.29, 0.717) is 12.4 Å². The molecule has 1 aliphatic rings. The third-order valence-corrected chi connectivity index (χ3v) is 6.28. The van der Waals surface area contributed by atoms with Crippen molar-refractivity contribution in [1.82, 2.24) is 15.3 Å². The highest BCUT2D eigenvalue weighted by molar-refractivity contribution is 5.79. The molecule has 2 heterocycles. The van der Waals surface area contributed by atoms with E-state index in [4.69, 9.17) is 4.74 Å². The van der Waals surface area contributed by atoms with Gasteiger partial charge in [-0.3, -0.25) is 4.79 Å². The Bertz CT molecular complexity index is 1070. The number of nitrogens with one attached hydrogen (secondary N) is 1. The lowest BCUT2D eigenvalue weighted by Crippen LogP contribution is -2.40. The zero-order valence-corrected chi connectivity index (χ0v) is 20.2. The zero-order chi connectivity index (χ0) is 23.9. The molecule has 178 valence electrons. The van der Waals surface area contributed by atoms with Crippen LogP contribution in [-0.2, 0) is 17.8 Å². The molecule has 7 heteroatoms. The van der Waals surface area contributed by atoms with Crippen LogP contribution in [-0.4, -0.2) is 43.1 Å². The molecule has 0 bridgehead atoms. The molecule has 0 spiro atoms. The number of nitrogens with zero attached hydrogens (tertiary/aromatic N) is 4. The van der Waals surface area contributed by atoms with Gasteiger partial charge < -0.3 is 19.9 Å². The van der Waals surface area contributed by atoms with E-state index in [1.165, 1.54) is 5.56 Å². The quantitative estimate of drug-likeness (QED) is 0.537. The number of amides is 1. The molecule has 0 radical (unpaired) electrons. The maximum absolute atomic E-state index is 12.8. The van der Waals surface area contributed by atoms with E-state index in [-0.39, 0.29) is 11.8 Å². The van der Waals surface area contributed by atoms with Gasteiger partial charge in [0.15, 0.2) is 5.82 Å². The number of carbonyl (C=O) groups excluding carboxylic acids is 1. The van der Waals surface area contributed by atoms with Gasteiger partial charge in [-0.05, 0) is 54.7 Å². The summed E-state index contributed by atoms with van der Waals surface area (Å²) in [5.41, 5.74) is 3.51. The molecule has 2 aromatic carbocycles. The fraction of sp³-hybridized carbons (Fsp3) is 0.370. The first-order valence-corrected chi connectivity index (χ1v) is 11.9. The highest BCUT2D eigenvalue weighted by Crippen LogP contribution is 2.31. The molecule has 1 fully saturated rings. The Balaban J connectivity index is 1.31. The van der Waals surface area contributed by atoms with Crippen LogP contribution in [0.25, 0.3) is 0 Å². The number of hydrogen-bond donors (Lipinski definition) is 1. The van der Waals surface area contributed by atoms with Crippen molar-refractivity contribution < 1.29 is 9.53 Å². The van der Waals surface area contributed by atoms with Crippen LogP contribution in [0, 0.1) is 5.92 Å². The third-order valence-electron chi connectivity index (χ3n) is 6.28. The lowest BCUT2D eigenvalue weighted by atomic mass is 9.96. The van der Waals surface area contributed by atoms with Crippen molar-refractivity contribution in [3.63, 3.8) is 0 Å². The Morgan fingerprint density at radius 2 is 1.65 bits per heavy atom. The second-order valence-electron chi connectivity index (χ2n) is 8.82. The van der Waals surface area contributed by atoms with Gasteiger partial charge >= 0.3 is 0 Å². The van der Waals surface area contributed by atoms with Crippen LogP contribution in [0.2, 0.25) is 0 Å². The molecule has 1 amide bonds. The van der Waals surface area contributed by atoms with E-state index in [1.54, 1.807) is 12.4 Å². The minimum absolute atomic E-state index is 0.0000682. The summed E-state index contributed by atoms with van der Waals surface area (Å²) in [5, 5.41) is 3.10. The Hall–Kier alpha value is -3.61. The minimum atomic E-state index is -0.0000682. The predicted octanol–water partition coefficient (Wildman–Crippen LogP) is 4.43. The number of carbonyl (C=O) groups is 1. The van der Waals surface area contributed by atoms with Crippen molar-refractivity contribution in [1.29, 1.82) is 0 Å². The average Bonchev–Trinajstić information content (AvgIpc) is 2.88. The van der Waals surface area contributed by atoms with Gasteiger partial charge in [0.1, 0.15) is 5.75 Å². The summed E-state index contributed by atoms with van der Waals surface area (Å²) in [6.07, 6.45) is 5.86. The van der Waals surface area contributed by atoms with Crippen molar-refractivity contribution in [3.05, 3.63) is 72.1 Å². The second kappa shape index (κ2) is 11.0. The molecular weight excluding hydrogens is 426 g/mol. The van der Waals surface area contributed by atoms with E-state index in [1.807, 2.05) is 26.2 Å². The van der Waals surface area contributed by atoms with Gasteiger partial charge in [-0.2, -0.15) is 0 Å². The van der Waals surface area contributed by atoms with E-state index in [0.717, 1.165) is 55.2 Å². The van der Waals surface area contributed by atoms with E-state index >= 15 is 0 Å². The number of aromatic nitrogens is 2. The molecule has 0 unspecified atom stereocenters. The number of hydrogen-bond acceptors (Lipinski definition) is 6. The predicted molar refractivity (Wildman–Crippen MR) is 135 cm³/mol. The van der Waals surface area contributed by atoms with Crippen LogP contribution < -0.4 is 19.9 Å². The smallest absolute Gasteiger partial charge is 0.263 e. The first-order valence-electron chi connectivity index (χ1n) is 11.9. The zero-order valence-electron chi connectivity index (χ0n) is 20.2. The van der Waals surface area contributed by atoms with Crippen molar-refractivity contribution in [2.45, 2.75) is 32.7 Å². The monoisotopic (exact) mass is 459 g/mol. The molecule has 1 aromatic heterocycles. The number of piperidine rings is 1. The maximum Gasteiger partial charge on any atom is 0.263 e. The summed E-state index contributed by atoms with van der Waals surface area (Å²) in [6, 6.07) is 16.3. The maximum atomic E-state index is 12.8. The molecule has 34 heavy (non-hydrogen) atoms. The summed E-state index contributed by atoms with van der Waals surface area (Å²) in [7, 11) is 4.03. The summed E-state index contributed by atoms with van der Waals surface area (Å²) in [6.45, 7) is 4.15. The molecule has 0 saturated carbocycles. The van der Waals surface area contributed by atoms with Gasteiger partial charge in [0.05, 0.1) is 0 Å². The van der Waals surface area contributed by atoms with E-state index in [2.05, 4.69) is 68.4 Å². The van der Waals surface area contributed by atoms with Gasteiger partial charge in [-0.15, -0.1) is 0 Å². The van der Waals surface area contributed by atoms with Crippen LogP contribution >= 0.6 is 0 Å². The molecule has 0 atom stereocenters. The molecule has 1 N–H and O–H groups in total. The Labute approximate surface area is 201 Å². The van der Waals surface area contributed by atoms with Crippen LogP contribution in [0.3, 0.4) is 0 Å². The SMILES string of the molecule is CCc1ccc(Oc2nccnc2N2CCC(C(=O)NCc3ccc(N(C)C)cc3)CC2)cc1. The van der Waals surface area contributed by atoms with E-state index in [9.17, 15) is 4.79 Å². The fourth-order valence-electron chi connectivity index (χ4n) is 4.11. The Morgan fingerprint density at radius 3 is 2.29 bits per heavy atom. The normalized spacial score (nSPS) is 14.0. The summed E-state index contributed by atoms with van der Waals surface area (Å²) in [4.78, 5) is 25.9. The lowest BCUT2D eigenvalue weighted by molar-refractivity contribution is -0.125. The van der Waals surface area contributed by atoms with Crippen LogP contribution in [0.5, 0.6) is 11.6 Å². The van der Waals surface area contributed by atoms with Crippen molar-refractivity contribution in [2.24, 2.45) is 5.92 Å². The molecule has 0 aliphatic carbocycles. The molecule has 3 aromatic rings. The van der Waals surface area contributed by atoms with Crippen LogP contribution in [0.4, 0.5) is 11.5 Å².